The van der Waals surface area contributed by atoms with E-state index in [0.717, 1.165) is 6.07 Å². The number of nitrogens with two attached hydrogens (primary N) is 1. The van der Waals surface area contributed by atoms with Crippen LogP contribution in [-0.4, -0.2) is 10.8 Å². The molecular formula is C19H14FN3O4. The number of hydrogen-bond acceptors (Lipinski definition) is 5. The number of nitrogen functional groups attached to an aromatic ring is 1. The van der Waals surface area contributed by atoms with Crippen LogP contribution in [0.2, 0.25) is 0 Å². The first kappa shape index (κ1) is 17.9. The number of non-ortho nitro benzene ring substituents is 1. The van der Waals surface area contributed by atoms with Crippen LogP contribution in [0.5, 0.6) is 11.5 Å². The number of benzene rings is 3. The monoisotopic (exact) mass is 367 g/mol. The summed E-state index contributed by atoms with van der Waals surface area (Å²) in [6.45, 7) is 0. The van der Waals surface area contributed by atoms with E-state index in [2.05, 4.69) is 5.32 Å². The fraction of sp³-hybridized carbons (Fsp3) is 0. The molecule has 3 aromatic rings. The number of nitro groups is 1. The molecule has 0 saturated heterocycles. The second kappa shape index (κ2) is 7.52. The number of nitro benzene ring substituents is 1. The van der Waals surface area contributed by atoms with E-state index in [1.807, 2.05) is 0 Å². The fourth-order valence-electron chi connectivity index (χ4n) is 2.30. The Hall–Kier alpha value is -3.94. The number of ether oxygens (including phenoxy) is 1. The van der Waals surface area contributed by atoms with Gasteiger partial charge in [0.25, 0.3) is 11.6 Å². The normalized spacial score (nSPS) is 10.3. The van der Waals surface area contributed by atoms with Crippen molar-refractivity contribution in [3.05, 3.63) is 88.2 Å². The van der Waals surface area contributed by atoms with Gasteiger partial charge in [-0.2, -0.15) is 0 Å². The van der Waals surface area contributed by atoms with Crippen molar-refractivity contribution >= 4 is 23.0 Å². The lowest BCUT2D eigenvalue weighted by molar-refractivity contribution is -0.384. The van der Waals surface area contributed by atoms with Gasteiger partial charge in [0.05, 0.1) is 10.6 Å². The standard InChI is InChI=1S/C19H14FN3O4/c20-17-11-13(21)4-9-18(17)22-19(24)12-2-1-3-16(10-12)27-15-7-5-14(6-8-15)23(25)26/h1-11H,21H2,(H,22,24). The Balaban J connectivity index is 1.74. The molecule has 1 amide bonds. The molecule has 0 aliphatic heterocycles. The van der Waals surface area contributed by atoms with Gasteiger partial charge in [0, 0.05) is 23.4 Å². The smallest absolute Gasteiger partial charge is 0.269 e. The highest BCUT2D eigenvalue weighted by Gasteiger charge is 2.11. The van der Waals surface area contributed by atoms with Crippen LogP contribution in [0.3, 0.4) is 0 Å². The highest BCUT2D eigenvalue weighted by Crippen LogP contribution is 2.25. The molecule has 0 fully saturated rings. The van der Waals surface area contributed by atoms with Gasteiger partial charge in [0.1, 0.15) is 17.3 Å². The van der Waals surface area contributed by atoms with Crippen LogP contribution in [0.15, 0.2) is 66.7 Å². The lowest BCUT2D eigenvalue weighted by atomic mass is 10.2. The first-order chi connectivity index (χ1) is 12.9. The topological polar surface area (TPSA) is 107 Å². The average molecular weight is 367 g/mol. The molecule has 0 spiro atoms. The average Bonchev–Trinajstić information content (AvgIpc) is 2.64. The van der Waals surface area contributed by atoms with E-state index < -0.39 is 16.6 Å². The van der Waals surface area contributed by atoms with E-state index >= 15 is 0 Å². The van der Waals surface area contributed by atoms with Crippen LogP contribution in [0.1, 0.15) is 10.4 Å². The van der Waals surface area contributed by atoms with Crippen molar-refractivity contribution in [2.75, 3.05) is 11.1 Å². The SMILES string of the molecule is Nc1ccc(NC(=O)c2cccc(Oc3ccc([N+](=O)[O-])cc3)c2)c(F)c1. The summed E-state index contributed by atoms with van der Waals surface area (Å²) in [5.74, 6) is -0.425. The summed E-state index contributed by atoms with van der Waals surface area (Å²) in [7, 11) is 0. The van der Waals surface area contributed by atoms with Gasteiger partial charge in [-0.15, -0.1) is 0 Å². The van der Waals surface area contributed by atoms with E-state index in [0.29, 0.717) is 11.5 Å². The molecule has 0 heterocycles. The minimum Gasteiger partial charge on any atom is -0.457 e. The maximum Gasteiger partial charge on any atom is 0.269 e. The summed E-state index contributed by atoms with van der Waals surface area (Å²) < 4.78 is 19.4. The van der Waals surface area contributed by atoms with Gasteiger partial charge in [0.2, 0.25) is 0 Å². The minimum atomic E-state index is -0.637. The van der Waals surface area contributed by atoms with E-state index in [9.17, 15) is 19.3 Å². The van der Waals surface area contributed by atoms with E-state index in [4.69, 9.17) is 10.5 Å². The molecule has 3 aromatic carbocycles. The Labute approximate surface area is 153 Å². The number of halogens is 1. The predicted molar refractivity (Wildman–Crippen MR) is 98.4 cm³/mol. The van der Waals surface area contributed by atoms with Gasteiger partial charge in [-0.3, -0.25) is 14.9 Å². The van der Waals surface area contributed by atoms with Crippen LogP contribution < -0.4 is 15.8 Å². The molecule has 0 unspecified atom stereocenters. The molecular weight excluding hydrogens is 353 g/mol. The van der Waals surface area contributed by atoms with Crippen molar-refractivity contribution in [1.82, 2.24) is 0 Å². The van der Waals surface area contributed by atoms with Gasteiger partial charge in [-0.1, -0.05) is 6.07 Å². The highest BCUT2D eigenvalue weighted by atomic mass is 19.1. The van der Waals surface area contributed by atoms with Crippen LogP contribution >= 0.6 is 0 Å². The lowest BCUT2D eigenvalue weighted by Gasteiger charge is -2.09. The molecule has 0 aliphatic carbocycles. The number of carbonyl (C=O) groups is 1. The summed E-state index contributed by atoms with van der Waals surface area (Å²) in [5.41, 5.74) is 5.95. The first-order valence-corrected chi connectivity index (χ1v) is 7.81. The predicted octanol–water partition coefficient (Wildman–Crippen LogP) is 4.36. The number of nitrogens with one attached hydrogen (secondary N) is 1. The van der Waals surface area contributed by atoms with Gasteiger partial charge >= 0.3 is 0 Å². The third kappa shape index (κ3) is 4.37. The Morgan fingerprint density at radius 1 is 1.04 bits per heavy atom. The Kier molecular flexibility index (Phi) is 4.98. The van der Waals surface area contributed by atoms with Crippen LogP contribution in [0.4, 0.5) is 21.5 Å². The molecule has 0 atom stereocenters. The van der Waals surface area contributed by atoms with Crippen molar-refractivity contribution in [3.63, 3.8) is 0 Å². The first-order valence-electron chi connectivity index (χ1n) is 7.81. The van der Waals surface area contributed by atoms with Gasteiger partial charge < -0.3 is 15.8 Å². The number of carbonyl (C=O) groups excluding carboxylic acids is 1. The zero-order chi connectivity index (χ0) is 19.4. The number of rotatable bonds is 5. The molecule has 0 radical (unpaired) electrons. The van der Waals surface area contributed by atoms with Crippen molar-refractivity contribution < 1.29 is 18.8 Å². The lowest BCUT2D eigenvalue weighted by Crippen LogP contribution is -2.13. The zero-order valence-corrected chi connectivity index (χ0v) is 13.9. The summed E-state index contributed by atoms with van der Waals surface area (Å²) in [5, 5.41) is 13.1. The van der Waals surface area contributed by atoms with Gasteiger partial charge in [-0.25, -0.2) is 4.39 Å². The number of anilines is 2. The Morgan fingerprint density at radius 3 is 2.44 bits per heavy atom. The molecule has 0 aromatic heterocycles. The highest BCUT2D eigenvalue weighted by molar-refractivity contribution is 6.04. The summed E-state index contributed by atoms with van der Waals surface area (Å²) in [6.07, 6.45) is 0. The maximum absolute atomic E-state index is 13.8. The summed E-state index contributed by atoms with van der Waals surface area (Å²) >= 11 is 0. The van der Waals surface area contributed by atoms with Crippen LogP contribution in [0.25, 0.3) is 0 Å². The van der Waals surface area contributed by atoms with Gasteiger partial charge in [0.15, 0.2) is 0 Å². The molecule has 27 heavy (non-hydrogen) atoms. The molecule has 7 nitrogen and oxygen atoms in total. The van der Waals surface area contributed by atoms with Crippen molar-refractivity contribution in [3.8, 4) is 11.5 Å². The van der Waals surface area contributed by atoms with Crippen LogP contribution in [0, 0.1) is 15.9 Å². The Bertz CT molecular complexity index is 1010. The van der Waals surface area contributed by atoms with E-state index in [1.165, 1.54) is 42.5 Å². The minimum absolute atomic E-state index is 0.0101. The van der Waals surface area contributed by atoms with E-state index in [1.54, 1.807) is 18.2 Å². The number of nitrogens with zero attached hydrogens (tertiary/aromatic N) is 1. The van der Waals surface area contributed by atoms with Crippen molar-refractivity contribution in [2.24, 2.45) is 0 Å². The number of hydrogen-bond donors (Lipinski definition) is 2. The second-order valence-corrected chi connectivity index (χ2v) is 5.57. The molecule has 0 bridgehead atoms. The van der Waals surface area contributed by atoms with Crippen molar-refractivity contribution in [1.29, 1.82) is 0 Å². The molecule has 3 N–H and O–H groups in total. The third-order valence-electron chi connectivity index (χ3n) is 3.62. The van der Waals surface area contributed by atoms with E-state index in [-0.39, 0.29) is 22.6 Å². The third-order valence-corrected chi connectivity index (χ3v) is 3.62. The molecule has 0 saturated carbocycles. The van der Waals surface area contributed by atoms with Crippen LogP contribution in [-0.2, 0) is 0 Å². The maximum atomic E-state index is 13.8. The van der Waals surface area contributed by atoms with Crippen molar-refractivity contribution in [2.45, 2.75) is 0 Å². The zero-order valence-electron chi connectivity index (χ0n) is 13.9. The summed E-state index contributed by atoms with van der Waals surface area (Å²) in [4.78, 5) is 22.5. The number of amides is 1. The molecule has 3 rings (SSSR count). The Morgan fingerprint density at radius 2 is 1.78 bits per heavy atom. The second-order valence-electron chi connectivity index (χ2n) is 5.57. The molecule has 8 heteroatoms. The fourth-order valence-corrected chi connectivity index (χ4v) is 2.30. The quantitative estimate of drug-likeness (QED) is 0.396. The largest absolute Gasteiger partial charge is 0.457 e. The summed E-state index contributed by atoms with van der Waals surface area (Å²) in [6, 6.07) is 15.8. The van der Waals surface area contributed by atoms with Gasteiger partial charge in [-0.05, 0) is 48.5 Å². The molecule has 136 valence electrons. The molecule has 0 aliphatic rings.